The molecule has 4 aromatic heterocycles. The van der Waals surface area contributed by atoms with Gasteiger partial charge in [-0.2, -0.15) is 0 Å². The summed E-state index contributed by atoms with van der Waals surface area (Å²) in [7, 11) is 0. The molecule has 0 radical (unpaired) electrons. The first kappa shape index (κ1) is 40.3. The maximum atomic E-state index is 2.46. The molecule has 72 heavy (non-hydrogen) atoms. The number of hydrogen-bond donors (Lipinski definition) is 0. The Morgan fingerprint density at radius 2 is 0.542 bits per heavy atom. The van der Waals surface area contributed by atoms with E-state index in [0.29, 0.717) is 0 Å². The monoisotopic (exact) mass is 916 g/mol. The number of fused-ring (bicyclic) bond motifs is 10. The number of aromatic nitrogens is 4. The fraction of sp³-hybridized carbons (Fsp3) is 0. The fourth-order valence-electron chi connectivity index (χ4n) is 11.7. The van der Waals surface area contributed by atoms with Crippen molar-refractivity contribution in [3.05, 3.63) is 267 Å². The molecule has 15 aromatic rings. The largest absolute Gasteiger partial charge is 0.316 e. The molecule has 0 aliphatic rings. The number of hydrogen-bond acceptors (Lipinski definition) is 0. The lowest BCUT2D eigenvalue weighted by molar-refractivity contribution is 1.13. The van der Waals surface area contributed by atoms with Crippen LogP contribution in [0.15, 0.2) is 267 Å². The minimum Gasteiger partial charge on any atom is -0.316 e. The summed E-state index contributed by atoms with van der Waals surface area (Å²) in [6, 6.07) is 95.5. The van der Waals surface area contributed by atoms with Crippen LogP contribution in [0, 0.1) is 0 Å². The van der Waals surface area contributed by atoms with Crippen molar-refractivity contribution in [3.63, 3.8) is 0 Å². The van der Waals surface area contributed by atoms with Gasteiger partial charge in [-0.15, -0.1) is 0 Å². The van der Waals surface area contributed by atoms with Gasteiger partial charge in [0, 0.05) is 72.2 Å². The minimum absolute atomic E-state index is 1.12. The number of para-hydroxylation sites is 6. The first-order chi connectivity index (χ1) is 35.7. The summed E-state index contributed by atoms with van der Waals surface area (Å²) < 4.78 is 9.55. The Bertz CT molecular complexity index is 4390. The van der Waals surface area contributed by atoms with Crippen molar-refractivity contribution in [2.45, 2.75) is 0 Å². The Kier molecular flexibility index (Phi) is 8.92. The molecule has 0 aliphatic heterocycles. The van der Waals surface area contributed by atoms with Crippen molar-refractivity contribution in [1.82, 2.24) is 18.3 Å². The smallest absolute Gasteiger partial charge is 0.0541 e. The Balaban J connectivity index is 0.929. The van der Waals surface area contributed by atoms with Gasteiger partial charge in [0.1, 0.15) is 0 Å². The molecule has 4 nitrogen and oxygen atoms in total. The van der Waals surface area contributed by atoms with Crippen LogP contribution in [0.5, 0.6) is 0 Å². The first-order valence-corrected chi connectivity index (χ1v) is 24.7. The van der Waals surface area contributed by atoms with Gasteiger partial charge in [-0.25, -0.2) is 0 Å². The first-order valence-electron chi connectivity index (χ1n) is 24.7. The van der Waals surface area contributed by atoms with Gasteiger partial charge in [0.2, 0.25) is 0 Å². The topological polar surface area (TPSA) is 19.7 Å². The van der Waals surface area contributed by atoms with E-state index in [1.807, 2.05) is 0 Å². The Labute approximate surface area is 415 Å². The maximum absolute atomic E-state index is 2.46. The van der Waals surface area contributed by atoms with Crippen molar-refractivity contribution in [2.75, 3.05) is 0 Å². The predicted octanol–water partition coefficient (Wildman–Crippen LogP) is 17.9. The van der Waals surface area contributed by atoms with Gasteiger partial charge in [0.15, 0.2) is 0 Å². The Morgan fingerprint density at radius 3 is 1.01 bits per heavy atom. The van der Waals surface area contributed by atoms with E-state index in [1.54, 1.807) is 0 Å². The van der Waals surface area contributed by atoms with Crippen LogP contribution in [0.25, 0.3) is 132 Å². The average molecular weight is 917 g/mol. The van der Waals surface area contributed by atoms with Gasteiger partial charge >= 0.3 is 0 Å². The summed E-state index contributed by atoms with van der Waals surface area (Å²) in [6.07, 6.45) is 2.30. The van der Waals surface area contributed by atoms with Gasteiger partial charge < -0.3 is 18.3 Å². The molecule has 0 saturated heterocycles. The minimum atomic E-state index is 1.12. The third-order valence-electron chi connectivity index (χ3n) is 15.0. The van der Waals surface area contributed by atoms with E-state index in [2.05, 4.69) is 285 Å². The maximum Gasteiger partial charge on any atom is 0.0541 e. The van der Waals surface area contributed by atoms with Crippen LogP contribution < -0.4 is 0 Å². The zero-order valence-corrected chi connectivity index (χ0v) is 39.2. The Morgan fingerprint density at radius 1 is 0.194 bits per heavy atom. The normalized spacial score (nSPS) is 11.9. The number of rotatable bonds is 7. The van der Waals surface area contributed by atoms with E-state index >= 15 is 0 Å². The molecule has 0 atom stereocenters. The molecule has 0 spiro atoms. The molecule has 0 bridgehead atoms. The molecule has 0 N–H and O–H groups in total. The van der Waals surface area contributed by atoms with Crippen LogP contribution in [-0.4, -0.2) is 18.3 Å². The molecule has 0 aliphatic carbocycles. The van der Waals surface area contributed by atoms with Crippen LogP contribution in [-0.2, 0) is 0 Å². The van der Waals surface area contributed by atoms with Gasteiger partial charge in [-0.1, -0.05) is 146 Å². The zero-order chi connectivity index (χ0) is 47.3. The summed E-state index contributed by atoms with van der Waals surface area (Å²) in [5, 5.41) is 8.63. The molecule has 11 aromatic carbocycles. The van der Waals surface area contributed by atoms with Crippen LogP contribution in [0.4, 0.5) is 0 Å². The van der Waals surface area contributed by atoms with Crippen molar-refractivity contribution in [3.8, 4) is 56.1 Å². The van der Waals surface area contributed by atoms with Crippen LogP contribution in [0.3, 0.4) is 0 Å². The van der Waals surface area contributed by atoms with E-state index in [1.165, 1.54) is 98.7 Å². The highest BCUT2D eigenvalue weighted by molar-refractivity contribution is 6.15. The van der Waals surface area contributed by atoms with E-state index < -0.39 is 0 Å². The lowest BCUT2D eigenvalue weighted by Crippen LogP contribution is -1.94. The molecule has 15 rings (SSSR count). The highest BCUT2D eigenvalue weighted by atomic mass is 15.0. The second kappa shape index (κ2) is 16.0. The second-order valence-electron chi connectivity index (χ2n) is 19.0. The molecule has 4 heterocycles. The second-order valence-corrected chi connectivity index (χ2v) is 19.0. The zero-order valence-electron chi connectivity index (χ0n) is 39.2. The molecule has 0 saturated carbocycles. The highest BCUT2D eigenvalue weighted by Crippen LogP contribution is 2.42. The summed E-state index contributed by atoms with van der Waals surface area (Å²) in [5.41, 5.74) is 20.0. The van der Waals surface area contributed by atoms with E-state index in [9.17, 15) is 0 Å². The van der Waals surface area contributed by atoms with E-state index in [-0.39, 0.29) is 0 Å². The number of benzene rings is 11. The summed E-state index contributed by atoms with van der Waals surface area (Å²) >= 11 is 0. The van der Waals surface area contributed by atoms with Crippen molar-refractivity contribution in [2.24, 2.45) is 0 Å². The van der Waals surface area contributed by atoms with Crippen molar-refractivity contribution >= 4 is 76.3 Å². The van der Waals surface area contributed by atoms with Gasteiger partial charge in [-0.05, 0) is 143 Å². The lowest BCUT2D eigenvalue weighted by atomic mass is 9.98. The van der Waals surface area contributed by atoms with Crippen LogP contribution >= 0.6 is 0 Å². The van der Waals surface area contributed by atoms with E-state index in [0.717, 1.165) is 33.8 Å². The number of nitrogens with zero attached hydrogens (tertiary/aromatic N) is 4. The summed E-state index contributed by atoms with van der Waals surface area (Å²) in [4.78, 5) is 0. The highest BCUT2D eigenvalue weighted by Gasteiger charge is 2.20. The molecule has 4 heteroatoms. The molecule has 0 fully saturated rings. The molecule has 336 valence electrons. The van der Waals surface area contributed by atoms with Gasteiger partial charge in [-0.3, -0.25) is 0 Å². The molecular formula is C68H44N4. The predicted molar refractivity (Wildman–Crippen MR) is 303 cm³/mol. The van der Waals surface area contributed by atoms with Crippen LogP contribution in [0.1, 0.15) is 0 Å². The third kappa shape index (κ3) is 6.19. The summed E-state index contributed by atoms with van der Waals surface area (Å²) in [5.74, 6) is 0. The molecule has 0 amide bonds. The standard InChI is InChI=1S/C68H44N4/c1-4-18-50(19-5-1)69-44-61(56-27-10-13-28-62(56)69)49-17-16-24-53(39-49)72-67-37-33-47(45-31-35-65-57(40-45)54-25-11-14-29-63(54)70(65)51-20-6-2-7-21-51)42-59(67)60-43-48(34-38-68(60)72)46-32-36-66-58(41-46)55-26-12-15-30-64(55)71(66)52-22-8-3-9-23-52/h1-44H. The SMILES string of the molecule is c1ccc(-n2cc(-c3cccc(-n4c5ccc(-c6ccc7c(c6)c6ccccc6n7-c6ccccc6)cc5c5cc(-c6ccc7c(c6)c6ccccc6n7-c6ccccc6)ccc54)c3)c3ccccc32)cc1. The third-order valence-corrected chi connectivity index (χ3v) is 15.0. The lowest BCUT2D eigenvalue weighted by Gasteiger charge is -2.11. The van der Waals surface area contributed by atoms with Crippen molar-refractivity contribution in [1.29, 1.82) is 0 Å². The van der Waals surface area contributed by atoms with Gasteiger partial charge in [0.05, 0.1) is 38.6 Å². The quantitative estimate of drug-likeness (QED) is 0.152. The van der Waals surface area contributed by atoms with Crippen LogP contribution in [0.2, 0.25) is 0 Å². The molecular weight excluding hydrogens is 873 g/mol. The average Bonchev–Trinajstić information content (AvgIpc) is 4.20. The Hall–Kier alpha value is -9.64. The fourth-order valence-corrected chi connectivity index (χ4v) is 11.7. The van der Waals surface area contributed by atoms with Crippen molar-refractivity contribution < 1.29 is 0 Å². The molecule has 0 unspecified atom stereocenters. The van der Waals surface area contributed by atoms with Gasteiger partial charge in [0.25, 0.3) is 0 Å². The summed E-state index contributed by atoms with van der Waals surface area (Å²) in [6.45, 7) is 0. The van der Waals surface area contributed by atoms with E-state index in [4.69, 9.17) is 0 Å².